The van der Waals surface area contributed by atoms with Crippen LogP contribution in [-0.4, -0.2) is 30.0 Å². The van der Waals surface area contributed by atoms with E-state index in [4.69, 9.17) is 16.3 Å². The Balaban J connectivity index is 1.46. The molecule has 0 bridgehead atoms. The van der Waals surface area contributed by atoms with Crippen molar-refractivity contribution in [1.29, 1.82) is 0 Å². The number of ether oxygens (including phenoxy) is 1. The molecular weight excluding hydrogens is 360 g/mol. The van der Waals surface area contributed by atoms with Gasteiger partial charge in [0.2, 0.25) is 5.91 Å². The summed E-state index contributed by atoms with van der Waals surface area (Å²) in [6, 6.07) is 15.6. The third-order valence-electron chi connectivity index (χ3n) is 4.77. The molecule has 144 valence electrons. The highest BCUT2D eigenvalue weighted by Gasteiger charge is 2.25. The number of hydrogen-bond acceptors (Lipinski definition) is 3. The van der Waals surface area contributed by atoms with E-state index >= 15 is 0 Å². The van der Waals surface area contributed by atoms with Gasteiger partial charge in [-0.05, 0) is 81.7 Å². The van der Waals surface area contributed by atoms with Crippen LogP contribution in [0.5, 0.6) is 5.75 Å². The van der Waals surface area contributed by atoms with E-state index in [0.29, 0.717) is 0 Å². The Morgan fingerprint density at radius 2 is 1.74 bits per heavy atom. The van der Waals surface area contributed by atoms with Gasteiger partial charge in [-0.3, -0.25) is 9.69 Å². The minimum absolute atomic E-state index is 0.0676. The number of nitrogens with one attached hydrogen (secondary N) is 1. The molecule has 0 radical (unpaired) electrons. The van der Waals surface area contributed by atoms with E-state index in [-0.39, 0.29) is 17.9 Å². The number of benzene rings is 2. The Morgan fingerprint density at radius 1 is 1.11 bits per heavy atom. The Morgan fingerprint density at radius 3 is 2.33 bits per heavy atom. The van der Waals surface area contributed by atoms with Crippen molar-refractivity contribution in [3.63, 3.8) is 0 Å². The predicted molar refractivity (Wildman–Crippen MR) is 110 cm³/mol. The lowest BCUT2D eigenvalue weighted by Crippen LogP contribution is -2.37. The van der Waals surface area contributed by atoms with Crippen molar-refractivity contribution in [2.75, 3.05) is 18.4 Å². The summed E-state index contributed by atoms with van der Waals surface area (Å²) in [6.07, 6.45) is 1.91. The molecule has 1 aliphatic heterocycles. The van der Waals surface area contributed by atoms with Gasteiger partial charge < -0.3 is 10.1 Å². The van der Waals surface area contributed by atoms with E-state index < -0.39 is 0 Å². The molecule has 2 aromatic carbocycles. The molecule has 0 spiro atoms. The lowest BCUT2D eigenvalue weighted by molar-refractivity contribution is -0.121. The second-order valence-electron chi connectivity index (χ2n) is 7.36. The highest BCUT2D eigenvalue weighted by molar-refractivity contribution is 6.30. The molecule has 0 unspecified atom stereocenters. The minimum Gasteiger partial charge on any atom is -0.491 e. The third-order valence-corrected chi connectivity index (χ3v) is 5.02. The fourth-order valence-corrected chi connectivity index (χ4v) is 3.46. The van der Waals surface area contributed by atoms with E-state index in [1.165, 1.54) is 5.56 Å². The number of carbonyl (C=O) groups is 1. The van der Waals surface area contributed by atoms with Crippen molar-refractivity contribution in [1.82, 2.24) is 4.90 Å². The molecular formula is C22H27ClN2O2. The van der Waals surface area contributed by atoms with Crippen molar-refractivity contribution >= 4 is 23.2 Å². The van der Waals surface area contributed by atoms with Gasteiger partial charge in [0, 0.05) is 23.2 Å². The van der Waals surface area contributed by atoms with E-state index in [0.717, 1.165) is 48.9 Å². The SMILES string of the molecule is CC(C)Oc1ccc(NC(=O)C2CCN(Cc3ccc(Cl)cc3)CC2)cc1. The monoisotopic (exact) mass is 386 g/mol. The summed E-state index contributed by atoms with van der Waals surface area (Å²) < 4.78 is 5.63. The maximum atomic E-state index is 12.6. The molecule has 0 atom stereocenters. The second-order valence-corrected chi connectivity index (χ2v) is 7.79. The summed E-state index contributed by atoms with van der Waals surface area (Å²) in [5.41, 5.74) is 2.07. The zero-order chi connectivity index (χ0) is 19.2. The third kappa shape index (κ3) is 5.98. The van der Waals surface area contributed by atoms with Crippen LogP contribution in [-0.2, 0) is 11.3 Å². The molecule has 1 fully saturated rings. The van der Waals surface area contributed by atoms with Gasteiger partial charge in [-0.1, -0.05) is 23.7 Å². The topological polar surface area (TPSA) is 41.6 Å². The number of anilines is 1. The molecule has 0 saturated carbocycles. The quantitative estimate of drug-likeness (QED) is 0.761. The van der Waals surface area contributed by atoms with Gasteiger partial charge in [0.25, 0.3) is 0 Å². The number of carbonyl (C=O) groups excluding carboxylic acids is 1. The number of amides is 1. The maximum Gasteiger partial charge on any atom is 0.227 e. The van der Waals surface area contributed by atoms with Crippen LogP contribution in [0.15, 0.2) is 48.5 Å². The highest BCUT2D eigenvalue weighted by atomic mass is 35.5. The molecule has 1 heterocycles. The summed E-state index contributed by atoms with van der Waals surface area (Å²) in [6.45, 7) is 6.76. The average molecular weight is 387 g/mol. The molecule has 3 rings (SSSR count). The van der Waals surface area contributed by atoms with E-state index in [9.17, 15) is 4.79 Å². The Bertz CT molecular complexity index is 736. The van der Waals surface area contributed by atoms with Gasteiger partial charge in [-0.25, -0.2) is 0 Å². The fraction of sp³-hybridized carbons (Fsp3) is 0.409. The average Bonchev–Trinajstić information content (AvgIpc) is 2.65. The standard InChI is InChI=1S/C22H27ClN2O2/c1-16(2)27-21-9-7-20(8-10-21)24-22(26)18-11-13-25(14-12-18)15-17-3-5-19(23)6-4-17/h3-10,16,18H,11-15H2,1-2H3,(H,24,26). The van der Waals surface area contributed by atoms with Gasteiger partial charge in [-0.2, -0.15) is 0 Å². The zero-order valence-electron chi connectivity index (χ0n) is 16.0. The first-order valence-corrected chi connectivity index (χ1v) is 9.92. The molecule has 0 aliphatic carbocycles. The van der Waals surface area contributed by atoms with Crippen LogP contribution in [0.1, 0.15) is 32.3 Å². The van der Waals surface area contributed by atoms with Crippen LogP contribution >= 0.6 is 11.6 Å². The summed E-state index contributed by atoms with van der Waals surface area (Å²) in [4.78, 5) is 15.0. The van der Waals surface area contributed by atoms with E-state index in [1.807, 2.05) is 50.2 Å². The lowest BCUT2D eigenvalue weighted by atomic mass is 9.95. The van der Waals surface area contributed by atoms with Crippen molar-refractivity contribution in [3.05, 3.63) is 59.1 Å². The largest absolute Gasteiger partial charge is 0.491 e. The normalized spacial score (nSPS) is 15.7. The smallest absolute Gasteiger partial charge is 0.227 e. The van der Waals surface area contributed by atoms with Crippen molar-refractivity contribution in [3.8, 4) is 5.75 Å². The van der Waals surface area contributed by atoms with Crippen molar-refractivity contribution in [2.24, 2.45) is 5.92 Å². The Hall–Kier alpha value is -2.04. The summed E-state index contributed by atoms with van der Waals surface area (Å²) in [7, 11) is 0. The first-order valence-electron chi connectivity index (χ1n) is 9.54. The number of piperidine rings is 1. The highest BCUT2D eigenvalue weighted by Crippen LogP contribution is 2.23. The van der Waals surface area contributed by atoms with Gasteiger partial charge in [0.1, 0.15) is 5.75 Å². The molecule has 0 aromatic heterocycles. The number of nitrogens with zero attached hydrogens (tertiary/aromatic N) is 1. The minimum atomic E-state index is 0.0676. The van der Waals surface area contributed by atoms with E-state index in [1.54, 1.807) is 0 Å². The van der Waals surface area contributed by atoms with Crippen LogP contribution in [0.25, 0.3) is 0 Å². The molecule has 2 aromatic rings. The van der Waals surface area contributed by atoms with Crippen LogP contribution in [0.2, 0.25) is 5.02 Å². The number of rotatable bonds is 6. The molecule has 4 nitrogen and oxygen atoms in total. The summed E-state index contributed by atoms with van der Waals surface area (Å²) in [5.74, 6) is 0.996. The molecule has 1 N–H and O–H groups in total. The molecule has 1 amide bonds. The fourth-order valence-electron chi connectivity index (χ4n) is 3.33. The molecule has 1 saturated heterocycles. The second kappa shape index (κ2) is 9.25. The first kappa shape index (κ1) is 19.7. The van der Waals surface area contributed by atoms with Crippen LogP contribution < -0.4 is 10.1 Å². The van der Waals surface area contributed by atoms with Crippen molar-refractivity contribution in [2.45, 2.75) is 39.3 Å². The van der Waals surface area contributed by atoms with Crippen LogP contribution in [0.3, 0.4) is 0 Å². The Kier molecular flexibility index (Phi) is 6.75. The van der Waals surface area contributed by atoms with Gasteiger partial charge in [0.05, 0.1) is 6.10 Å². The summed E-state index contributed by atoms with van der Waals surface area (Å²) >= 11 is 5.94. The molecule has 27 heavy (non-hydrogen) atoms. The number of likely N-dealkylation sites (tertiary alicyclic amines) is 1. The number of halogens is 1. The van der Waals surface area contributed by atoms with Gasteiger partial charge in [0.15, 0.2) is 0 Å². The van der Waals surface area contributed by atoms with Gasteiger partial charge in [-0.15, -0.1) is 0 Å². The zero-order valence-corrected chi connectivity index (χ0v) is 16.7. The molecule has 5 heteroatoms. The molecule has 1 aliphatic rings. The van der Waals surface area contributed by atoms with Gasteiger partial charge >= 0.3 is 0 Å². The summed E-state index contributed by atoms with van der Waals surface area (Å²) in [5, 5.41) is 3.80. The predicted octanol–water partition coefficient (Wildman–Crippen LogP) is 4.98. The lowest BCUT2D eigenvalue weighted by Gasteiger charge is -2.31. The van der Waals surface area contributed by atoms with Crippen molar-refractivity contribution < 1.29 is 9.53 Å². The van der Waals surface area contributed by atoms with Crippen LogP contribution in [0.4, 0.5) is 5.69 Å². The number of hydrogen-bond donors (Lipinski definition) is 1. The van der Waals surface area contributed by atoms with E-state index in [2.05, 4.69) is 22.3 Å². The maximum absolute atomic E-state index is 12.6. The Labute approximate surface area is 166 Å². The first-order chi connectivity index (χ1) is 13.0. The van der Waals surface area contributed by atoms with Crippen LogP contribution in [0, 0.1) is 5.92 Å².